The number of non-ortho nitro benzene ring substituents is 1. The van der Waals surface area contributed by atoms with Crippen molar-refractivity contribution in [2.75, 3.05) is 5.32 Å². The summed E-state index contributed by atoms with van der Waals surface area (Å²) in [4.78, 5) is 41.2. The summed E-state index contributed by atoms with van der Waals surface area (Å²) < 4.78 is 0. The normalized spacial score (nSPS) is 10.1. The molecule has 8 nitrogen and oxygen atoms in total. The highest BCUT2D eigenvalue weighted by Crippen LogP contribution is 2.21. The van der Waals surface area contributed by atoms with E-state index in [9.17, 15) is 19.7 Å². The Morgan fingerprint density at radius 2 is 1.89 bits per heavy atom. The van der Waals surface area contributed by atoms with Crippen LogP contribution in [0.25, 0.3) is 11.0 Å². The van der Waals surface area contributed by atoms with Crippen LogP contribution < -0.4 is 5.32 Å². The summed E-state index contributed by atoms with van der Waals surface area (Å²) in [6, 6.07) is 7.44. The third kappa shape index (κ3) is 4.35. The smallest absolute Gasteiger partial charge is 0.270 e. The summed E-state index contributed by atoms with van der Waals surface area (Å²) in [6.07, 6.45) is 1.45. The van der Waals surface area contributed by atoms with Crippen LogP contribution in [0, 0.1) is 17.0 Å². The number of rotatable bonds is 4. The number of carbonyl (C=O) groups is 2. The highest BCUT2D eigenvalue weighted by molar-refractivity contribution is 6.06. The predicted octanol–water partition coefficient (Wildman–Crippen LogP) is 4.26. The van der Waals surface area contributed by atoms with Crippen LogP contribution in [0.4, 0.5) is 11.4 Å². The van der Waals surface area contributed by atoms with Gasteiger partial charge < -0.3 is 10.3 Å². The summed E-state index contributed by atoms with van der Waals surface area (Å²) in [7, 11) is 0. The van der Waals surface area contributed by atoms with Crippen LogP contribution in [0.3, 0.4) is 0 Å². The maximum atomic E-state index is 12.4. The van der Waals surface area contributed by atoms with Gasteiger partial charge in [-0.1, -0.05) is 19.9 Å². The van der Waals surface area contributed by atoms with E-state index in [2.05, 4.69) is 15.3 Å². The molecular weight excluding hydrogens is 348 g/mol. The molecule has 3 aromatic rings. The van der Waals surface area contributed by atoms with Gasteiger partial charge in [0.25, 0.3) is 11.6 Å². The lowest BCUT2D eigenvalue weighted by atomic mass is 10.1. The molecule has 2 aromatic heterocycles. The number of nitro groups is 1. The van der Waals surface area contributed by atoms with E-state index in [4.69, 9.17) is 0 Å². The van der Waals surface area contributed by atoms with E-state index in [-0.39, 0.29) is 17.0 Å². The average molecular weight is 368 g/mol. The maximum Gasteiger partial charge on any atom is 0.270 e. The number of ketones is 1. The SMILES string of the molecule is CC.CC(=O)c1cc2cc(NC(=O)c3cc([N+](=O)[O-])ccc3C)cnc2[nH]1. The number of aromatic amines is 1. The molecule has 0 saturated heterocycles. The number of amides is 1. The maximum absolute atomic E-state index is 12.4. The molecule has 3 rings (SSSR count). The minimum atomic E-state index is -0.549. The molecule has 140 valence electrons. The Hall–Kier alpha value is -3.55. The molecule has 8 heteroatoms. The van der Waals surface area contributed by atoms with Gasteiger partial charge in [-0.2, -0.15) is 0 Å². The fourth-order valence-corrected chi connectivity index (χ4v) is 2.44. The summed E-state index contributed by atoms with van der Waals surface area (Å²) in [5, 5.41) is 14.2. The number of fused-ring (bicyclic) bond motifs is 1. The van der Waals surface area contributed by atoms with Gasteiger partial charge in [0.2, 0.25) is 0 Å². The summed E-state index contributed by atoms with van der Waals surface area (Å²) in [5.41, 5.74) is 2.08. The number of nitrogens with one attached hydrogen (secondary N) is 2. The Balaban J connectivity index is 0.00000126. The number of hydrogen-bond acceptors (Lipinski definition) is 5. The summed E-state index contributed by atoms with van der Waals surface area (Å²) in [5.74, 6) is -0.583. The first kappa shape index (κ1) is 19.8. The monoisotopic (exact) mass is 368 g/mol. The molecule has 0 spiro atoms. The minimum Gasteiger partial charge on any atom is -0.337 e. The molecule has 0 saturated carbocycles. The molecule has 0 unspecified atom stereocenters. The first-order chi connectivity index (χ1) is 12.8. The second kappa shape index (κ2) is 8.22. The number of aryl methyl sites for hydroxylation is 1. The van der Waals surface area contributed by atoms with Crippen molar-refractivity contribution in [3.8, 4) is 0 Å². The molecule has 0 atom stereocenters. The molecule has 27 heavy (non-hydrogen) atoms. The zero-order valence-corrected chi connectivity index (χ0v) is 15.5. The van der Waals surface area contributed by atoms with Crippen molar-refractivity contribution in [3.05, 3.63) is 63.5 Å². The van der Waals surface area contributed by atoms with Crippen molar-refractivity contribution in [1.29, 1.82) is 0 Å². The van der Waals surface area contributed by atoms with Crippen LogP contribution in [-0.2, 0) is 0 Å². The molecule has 0 radical (unpaired) electrons. The summed E-state index contributed by atoms with van der Waals surface area (Å²) >= 11 is 0. The first-order valence-electron chi connectivity index (χ1n) is 8.41. The van der Waals surface area contributed by atoms with Crippen molar-refractivity contribution in [1.82, 2.24) is 9.97 Å². The highest BCUT2D eigenvalue weighted by atomic mass is 16.6. The Bertz CT molecular complexity index is 1020. The number of aromatic nitrogens is 2. The van der Waals surface area contributed by atoms with Gasteiger partial charge in [0.15, 0.2) is 5.78 Å². The van der Waals surface area contributed by atoms with Gasteiger partial charge in [0.1, 0.15) is 5.65 Å². The van der Waals surface area contributed by atoms with Gasteiger partial charge in [0.05, 0.1) is 22.5 Å². The lowest BCUT2D eigenvalue weighted by Gasteiger charge is -2.07. The van der Waals surface area contributed by atoms with Gasteiger partial charge in [-0.15, -0.1) is 0 Å². The van der Waals surface area contributed by atoms with Crippen LogP contribution in [0.1, 0.15) is 47.2 Å². The van der Waals surface area contributed by atoms with Crippen molar-refractivity contribution in [3.63, 3.8) is 0 Å². The molecular formula is C19H20N4O4. The molecule has 2 N–H and O–H groups in total. The molecule has 0 aliphatic carbocycles. The van der Waals surface area contributed by atoms with E-state index >= 15 is 0 Å². The molecule has 0 aliphatic heterocycles. The number of H-pyrrole nitrogens is 1. The number of pyridine rings is 1. The van der Waals surface area contributed by atoms with Crippen molar-refractivity contribution >= 4 is 34.1 Å². The van der Waals surface area contributed by atoms with E-state index in [1.54, 1.807) is 19.1 Å². The fraction of sp³-hybridized carbons (Fsp3) is 0.211. The van der Waals surface area contributed by atoms with Crippen LogP contribution in [0.15, 0.2) is 36.5 Å². The van der Waals surface area contributed by atoms with Crippen molar-refractivity contribution in [2.45, 2.75) is 27.7 Å². The zero-order chi connectivity index (χ0) is 20.1. The number of anilines is 1. The summed E-state index contributed by atoms with van der Waals surface area (Å²) in [6.45, 7) is 7.14. The standard InChI is InChI=1S/C17H14N4O4.C2H6/c1-9-3-4-13(21(24)25)7-14(9)17(23)19-12-5-11-6-15(10(2)22)20-16(11)18-8-12;1-2/h3-8H,1-2H3,(H,18,20)(H,19,23);1-2H3. The van der Waals surface area contributed by atoms with Crippen molar-refractivity contribution in [2.24, 2.45) is 0 Å². The van der Waals surface area contributed by atoms with Gasteiger partial charge in [0, 0.05) is 30.0 Å². The largest absolute Gasteiger partial charge is 0.337 e. The van der Waals surface area contributed by atoms with Gasteiger partial charge in [-0.25, -0.2) is 4.98 Å². The van der Waals surface area contributed by atoms with Crippen LogP contribution in [0.2, 0.25) is 0 Å². The molecule has 0 fully saturated rings. The molecule has 0 bridgehead atoms. The first-order valence-corrected chi connectivity index (χ1v) is 8.41. The van der Waals surface area contributed by atoms with Crippen LogP contribution in [0.5, 0.6) is 0 Å². The van der Waals surface area contributed by atoms with E-state index in [0.29, 0.717) is 28.0 Å². The third-order valence-electron chi connectivity index (χ3n) is 3.78. The number of carbonyl (C=O) groups excluding carboxylic acids is 2. The topological polar surface area (TPSA) is 118 Å². The second-order valence-electron chi connectivity index (χ2n) is 5.61. The number of nitrogens with zero attached hydrogens (tertiary/aromatic N) is 2. The Morgan fingerprint density at radius 3 is 2.52 bits per heavy atom. The molecule has 2 heterocycles. The van der Waals surface area contributed by atoms with E-state index in [1.165, 1.54) is 31.3 Å². The highest BCUT2D eigenvalue weighted by Gasteiger charge is 2.15. The quantitative estimate of drug-likeness (QED) is 0.405. The lowest BCUT2D eigenvalue weighted by molar-refractivity contribution is -0.384. The Kier molecular flexibility index (Phi) is 6.02. The van der Waals surface area contributed by atoms with Crippen molar-refractivity contribution < 1.29 is 14.5 Å². The Labute approximate surface area is 155 Å². The lowest BCUT2D eigenvalue weighted by Crippen LogP contribution is -2.13. The molecule has 1 amide bonds. The molecule has 1 aromatic carbocycles. The fourth-order valence-electron chi connectivity index (χ4n) is 2.44. The third-order valence-corrected chi connectivity index (χ3v) is 3.78. The predicted molar refractivity (Wildman–Crippen MR) is 103 cm³/mol. The Morgan fingerprint density at radius 1 is 1.19 bits per heavy atom. The number of nitro benzene ring substituents is 1. The average Bonchev–Trinajstić information content (AvgIpc) is 3.07. The van der Waals surface area contributed by atoms with Gasteiger partial charge in [-0.3, -0.25) is 19.7 Å². The van der Waals surface area contributed by atoms with E-state index in [1.807, 2.05) is 13.8 Å². The van der Waals surface area contributed by atoms with Gasteiger partial charge >= 0.3 is 0 Å². The second-order valence-corrected chi connectivity index (χ2v) is 5.61. The number of Topliss-reactive ketones (excluding diaryl/α,β-unsaturated/α-hetero) is 1. The van der Waals surface area contributed by atoms with Crippen LogP contribution >= 0.6 is 0 Å². The van der Waals surface area contributed by atoms with Gasteiger partial charge in [-0.05, 0) is 24.6 Å². The number of benzene rings is 1. The van der Waals surface area contributed by atoms with Crippen LogP contribution in [-0.4, -0.2) is 26.6 Å². The molecule has 0 aliphatic rings. The number of hydrogen-bond donors (Lipinski definition) is 2. The van der Waals surface area contributed by atoms with E-state index in [0.717, 1.165) is 0 Å². The zero-order valence-electron chi connectivity index (χ0n) is 15.5. The minimum absolute atomic E-state index is 0.115. The van der Waals surface area contributed by atoms with E-state index < -0.39 is 10.8 Å².